The van der Waals surface area contributed by atoms with E-state index >= 15 is 0 Å². The van der Waals surface area contributed by atoms with E-state index in [4.69, 9.17) is 23.2 Å². The molecule has 5 heteroatoms. The predicted octanol–water partition coefficient (Wildman–Crippen LogP) is 3.88. The van der Waals surface area contributed by atoms with Gasteiger partial charge in [0.1, 0.15) is 5.82 Å². The number of hydrogen-bond acceptors (Lipinski definition) is 2. The molecule has 1 aliphatic carbocycles. The first-order chi connectivity index (χ1) is 9.68. The molecule has 2 aliphatic rings. The monoisotopic (exact) mass is 316 g/mol. The molecule has 1 atom stereocenters. The van der Waals surface area contributed by atoms with Gasteiger partial charge in [-0.25, -0.2) is 4.39 Å². The summed E-state index contributed by atoms with van der Waals surface area (Å²) < 4.78 is 14.5. The minimum Gasteiger partial charge on any atom is -0.314 e. The number of rotatable bonds is 3. The molecule has 0 amide bonds. The van der Waals surface area contributed by atoms with Gasteiger partial charge in [-0.05, 0) is 30.9 Å². The van der Waals surface area contributed by atoms with Crippen LogP contribution in [-0.4, -0.2) is 31.1 Å². The molecule has 0 bridgehead atoms. The Hall–Kier alpha value is -0.350. The summed E-state index contributed by atoms with van der Waals surface area (Å²) in [4.78, 5) is 2.36. The van der Waals surface area contributed by atoms with Crippen LogP contribution in [0.25, 0.3) is 0 Å². The van der Waals surface area contributed by atoms with Crippen molar-refractivity contribution in [1.29, 1.82) is 0 Å². The predicted molar refractivity (Wildman–Crippen MR) is 80.9 cm³/mol. The molecular formula is C15H19Cl2FN2. The van der Waals surface area contributed by atoms with Crippen molar-refractivity contribution in [2.45, 2.75) is 25.3 Å². The van der Waals surface area contributed by atoms with E-state index in [2.05, 4.69) is 10.2 Å². The van der Waals surface area contributed by atoms with Gasteiger partial charge < -0.3 is 5.32 Å². The van der Waals surface area contributed by atoms with Crippen LogP contribution >= 0.6 is 23.2 Å². The molecule has 0 radical (unpaired) electrons. The van der Waals surface area contributed by atoms with Crippen LogP contribution in [0.5, 0.6) is 0 Å². The van der Waals surface area contributed by atoms with Gasteiger partial charge in [0.15, 0.2) is 0 Å². The number of piperazine rings is 1. The molecule has 0 unspecified atom stereocenters. The van der Waals surface area contributed by atoms with Crippen LogP contribution in [0.1, 0.15) is 30.9 Å². The second-order valence-corrected chi connectivity index (χ2v) is 6.49. The number of nitrogens with one attached hydrogen (secondary N) is 1. The lowest BCUT2D eigenvalue weighted by Gasteiger charge is -2.43. The number of benzene rings is 1. The van der Waals surface area contributed by atoms with Crippen LogP contribution in [0.2, 0.25) is 10.0 Å². The zero-order valence-electron chi connectivity index (χ0n) is 11.3. The second-order valence-electron chi connectivity index (χ2n) is 5.68. The van der Waals surface area contributed by atoms with Crippen molar-refractivity contribution in [3.63, 3.8) is 0 Å². The average molecular weight is 317 g/mol. The molecule has 1 aliphatic heterocycles. The zero-order chi connectivity index (χ0) is 14.1. The summed E-state index contributed by atoms with van der Waals surface area (Å²) in [5, 5.41) is 4.01. The lowest BCUT2D eigenvalue weighted by Crippen LogP contribution is -2.48. The van der Waals surface area contributed by atoms with Crippen LogP contribution in [0.3, 0.4) is 0 Å². The Morgan fingerprint density at radius 1 is 1.15 bits per heavy atom. The van der Waals surface area contributed by atoms with E-state index < -0.39 is 0 Å². The maximum atomic E-state index is 14.5. The molecular weight excluding hydrogens is 298 g/mol. The van der Waals surface area contributed by atoms with Crippen LogP contribution in [0.4, 0.5) is 4.39 Å². The van der Waals surface area contributed by atoms with Crippen LogP contribution in [-0.2, 0) is 0 Å². The quantitative estimate of drug-likeness (QED) is 0.851. The zero-order valence-corrected chi connectivity index (χ0v) is 12.9. The standard InChI is InChI=1S/C15H19Cl2FN2/c16-11-4-5-12(17)14(18)13(11)15(10-2-1-3-10)20-8-6-19-7-9-20/h4-5,10,15,19H,1-3,6-9H2/t15-/m1/s1. The first-order valence-corrected chi connectivity index (χ1v) is 8.02. The Bertz CT molecular complexity index is 485. The van der Waals surface area contributed by atoms with E-state index in [0.717, 1.165) is 39.0 Å². The highest BCUT2D eigenvalue weighted by atomic mass is 35.5. The van der Waals surface area contributed by atoms with E-state index in [1.54, 1.807) is 6.07 Å². The summed E-state index contributed by atoms with van der Waals surface area (Å²) in [6.07, 6.45) is 3.53. The molecule has 3 rings (SSSR count). The third-order valence-electron chi connectivity index (χ3n) is 4.52. The van der Waals surface area contributed by atoms with Crippen molar-refractivity contribution in [3.8, 4) is 0 Å². The molecule has 1 saturated carbocycles. The normalized spacial score (nSPS) is 22.6. The van der Waals surface area contributed by atoms with E-state index in [-0.39, 0.29) is 16.9 Å². The smallest absolute Gasteiger partial charge is 0.148 e. The molecule has 110 valence electrons. The molecule has 1 aromatic rings. The molecule has 1 aromatic carbocycles. The van der Waals surface area contributed by atoms with Gasteiger partial charge in [-0.1, -0.05) is 29.6 Å². The van der Waals surface area contributed by atoms with E-state index in [1.807, 2.05) is 0 Å². The highest BCUT2D eigenvalue weighted by molar-refractivity contribution is 6.33. The Balaban J connectivity index is 1.98. The maximum absolute atomic E-state index is 14.5. The molecule has 1 heterocycles. The van der Waals surface area contributed by atoms with Crippen molar-refractivity contribution in [3.05, 3.63) is 33.6 Å². The fourth-order valence-electron chi connectivity index (χ4n) is 3.25. The average Bonchev–Trinajstić information content (AvgIpc) is 2.41. The highest BCUT2D eigenvalue weighted by Crippen LogP contribution is 2.45. The lowest BCUT2D eigenvalue weighted by atomic mass is 9.76. The summed E-state index contributed by atoms with van der Waals surface area (Å²) in [5.74, 6) is 0.160. The van der Waals surface area contributed by atoms with Gasteiger partial charge >= 0.3 is 0 Å². The largest absolute Gasteiger partial charge is 0.314 e. The molecule has 20 heavy (non-hydrogen) atoms. The summed E-state index contributed by atoms with van der Waals surface area (Å²) in [5.41, 5.74) is 0.603. The Kier molecular flexibility index (Phi) is 4.51. The van der Waals surface area contributed by atoms with Gasteiger partial charge in [-0.15, -0.1) is 0 Å². The number of halogens is 3. The third kappa shape index (κ3) is 2.69. The van der Waals surface area contributed by atoms with Crippen molar-refractivity contribution >= 4 is 23.2 Å². The van der Waals surface area contributed by atoms with E-state index in [1.165, 1.54) is 12.5 Å². The van der Waals surface area contributed by atoms with Gasteiger partial charge in [0.25, 0.3) is 0 Å². The molecule has 2 nitrogen and oxygen atoms in total. The third-order valence-corrected chi connectivity index (χ3v) is 5.14. The lowest BCUT2D eigenvalue weighted by molar-refractivity contribution is 0.0813. The first-order valence-electron chi connectivity index (χ1n) is 7.26. The van der Waals surface area contributed by atoms with Gasteiger partial charge in [-0.3, -0.25) is 4.90 Å². The minimum absolute atomic E-state index is 0.0667. The summed E-state index contributed by atoms with van der Waals surface area (Å²) in [6, 6.07) is 3.33. The fraction of sp³-hybridized carbons (Fsp3) is 0.600. The second kappa shape index (κ2) is 6.18. The Morgan fingerprint density at radius 3 is 2.40 bits per heavy atom. The van der Waals surface area contributed by atoms with Gasteiger partial charge in [0, 0.05) is 42.8 Å². The van der Waals surface area contributed by atoms with E-state index in [9.17, 15) is 4.39 Å². The maximum Gasteiger partial charge on any atom is 0.148 e. The van der Waals surface area contributed by atoms with E-state index in [0.29, 0.717) is 16.5 Å². The van der Waals surface area contributed by atoms with Crippen LogP contribution in [0, 0.1) is 11.7 Å². The summed E-state index contributed by atoms with van der Waals surface area (Å²) in [6.45, 7) is 3.76. The fourth-order valence-corrected chi connectivity index (χ4v) is 3.67. The van der Waals surface area contributed by atoms with Gasteiger partial charge in [-0.2, -0.15) is 0 Å². The summed E-state index contributed by atoms with van der Waals surface area (Å²) >= 11 is 12.3. The molecule has 1 N–H and O–H groups in total. The van der Waals surface area contributed by atoms with Crippen molar-refractivity contribution < 1.29 is 4.39 Å². The molecule has 2 fully saturated rings. The topological polar surface area (TPSA) is 15.3 Å². The van der Waals surface area contributed by atoms with Crippen molar-refractivity contribution in [1.82, 2.24) is 10.2 Å². The number of nitrogens with zero attached hydrogens (tertiary/aromatic N) is 1. The first kappa shape index (κ1) is 14.6. The molecule has 0 spiro atoms. The Morgan fingerprint density at radius 2 is 1.80 bits per heavy atom. The molecule has 1 saturated heterocycles. The van der Waals surface area contributed by atoms with Gasteiger partial charge in [0.05, 0.1) is 5.02 Å². The summed E-state index contributed by atoms with van der Waals surface area (Å²) in [7, 11) is 0. The minimum atomic E-state index is -0.338. The molecule has 0 aromatic heterocycles. The highest BCUT2D eigenvalue weighted by Gasteiger charge is 2.36. The van der Waals surface area contributed by atoms with Crippen molar-refractivity contribution in [2.75, 3.05) is 26.2 Å². The van der Waals surface area contributed by atoms with Crippen LogP contribution in [0.15, 0.2) is 12.1 Å². The van der Waals surface area contributed by atoms with Crippen molar-refractivity contribution in [2.24, 2.45) is 5.92 Å². The SMILES string of the molecule is Fc1c(Cl)ccc(Cl)c1[C@@H](C1CCC1)N1CCNCC1. The Labute approximate surface area is 129 Å². The van der Waals surface area contributed by atoms with Crippen LogP contribution < -0.4 is 5.32 Å². The number of hydrogen-bond donors (Lipinski definition) is 1. The van der Waals surface area contributed by atoms with Gasteiger partial charge in [0.2, 0.25) is 0 Å².